The number of hydrogen-bond acceptors (Lipinski definition) is 4. The first kappa shape index (κ1) is 12.2. The molecule has 0 radical (unpaired) electrons. The third kappa shape index (κ3) is 3.30. The Morgan fingerprint density at radius 1 is 1.60 bits per heavy atom. The van der Waals surface area contributed by atoms with Gasteiger partial charge in [0.1, 0.15) is 0 Å². The van der Waals surface area contributed by atoms with Crippen molar-refractivity contribution in [2.24, 2.45) is 5.73 Å². The van der Waals surface area contributed by atoms with Crippen molar-refractivity contribution < 1.29 is 5.11 Å². The second-order valence-electron chi connectivity index (χ2n) is 3.81. The Bertz CT molecular complexity index is 285. The summed E-state index contributed by atoms with van der Waals surface area (Å²) in [5.74, 6) is 0. The maximum Gasteiger partial charge on any atom is 0.0556 e. The molecule has 0 saturated heterocycles. The van der Waals surface area contributed by atoms with Crippen LogP contribution in [0.4, 0.5) is 0 Å². The Morgan fingerprint density at radius 2 is 2.33 bits per heavy atom. The lowest BCUT2D eigenvalue weighted by Crippen LogP contribution is -2.30. The van der Waals surface area contributed by atoms with Crippen LogP contribution in [-0.4, -0.2) is 34.6 Å². The average molecular weight is 212 g/mol. The molecule has 4 N–H and O–H groups in total. The summed E-state index contributed by atoms with van der Waals surface area (Å²) in [7, 11) is 0. The summed E-state index contributed by atoms with van der Waals surface area (Å²) in [5.41, 5.74) is 6.72. The van der Waals surface area contributed by atoms with E-state index < -0.39 is 0 Å². The predicted molar refractivity (Wildman–Crippen MR) is 59.5 cm³/mol. The van der Waals surface area contributed by atoms with Crippen LogP contribution in [0.2, 0.25) is 0 Å². The standard InChI is InChI=1S/C10H20N4O/c1-8(2)14-7-9(6-13-14)10(5-11)12-3-4-15/h6-8,10,12,15H,3-5,11H2,1-2H3. The largest absolute Gasteiger partial charge is 0.395 e. The van der Waals surface area contributed by atoms with Crippen molar-refractivity contribution in [3.8, 4) is 0 Å². The molecule has 0 spiro atoms. The molecule has 1 aromatic rings. The van der Waals surface area contributed by atoms with Crippen molar-refractivity contribution in [1.29, 1.82) is 0 Å². The van der Waals surface area contributed by atoms with E-state index in [-0.39, 0.29) is 12.6 Å². The van der Waals surface area contributed by atoms with Gasteiger partial charge in [-0.3, -0.25) is 4.68 Å². The monoisotopic (exact) mass is 212 g/mol. The SMILES string of the molecule is CC(C)n1cc(C(CN)NCCO)cn1. The summed E-state index contributed by atoms with van der Waals surface area (Å²) in [6.07, 6.45) is 3.81. The molecule has 1 unspecified atom stereocenters. The fourth-order valence-electron chi connectivity index (χ4n) is 1.39. The molecule has 5 nitrogen and oxygen atoms in total. The topological polar surface area (TPSA) is 76.1 Å². The van der Waals surface area contributed by atoms with Crippen molar-refractivity contribution in [1.82, 2.24) is 15.1 Å². The van der Waals surface area contributed by atoms with E-state index in [9.17, 15) is 0 Å². The molecule has 0 aromatic carbocycles. The first-order valence-corrected chi connectivity index (χ1v) is 5.27. The highest BCUT2D eigenvalue weighted by Crippen LogP contribution is 2.12. The van der Waals surface area contributed by atoms with Gasteiger partial charge in [-0.2, -0.15) is 5.10 Å². The normalized spacial score (nSPS) is 13.4. The van der Waals surface area contributed by atoms with Gasteiger partial charge < -0.3 is 16.2 Å². The molecule has 0 aliphatic heterocycles. The quantitative estimate of drug-likeness (QED) is 0.622. The Hall–Kier alpha value is -0.910. The molecule has 1 rings (SSSR count). The zero-order valence-electron chi connectivity index (χ0n) is 9.35. The van der Waals surface area contributed by atoms with Gasteiger partial charge in [0.25, 0.3) is 0 Å². The predicted octanol–water partition coefficient (Wildman–Crippen LogP) is 0.0457. The van der Waals surface area contributed by atoms with E-state index in [0.29, 0.717) is 19.1 Å². The third-order valence-electron chi connectivity index (χ3n) is 2.29. The molecule has 0 saturated carbocycles. The van der Waals surface area contributed by atoms with Gasteiger partial charge in [0, 0.05) is 36.9 Å². The van der Waals surface area contributed by atoms with Gasteiger partial charge >= 0.3 is 0 Å². The summed E-state index contributed by atoms with van der Waals surface area (Å²) < 4.78 is 1.90. The summed E-state index contributed by atoms with van der Waals surface area (Å²) in [6.45, 7) is 5.33. The molecule has 0 aliphatic carbocycles. The molecule has 0 amide bonds. The highest BCUT2D eigenvalue weighted by molar-refractivity contribution is 5.11. The first-order valence-electron chi connectivity index (χ1n) is 5.27. The second-order valence-corrected chi connectivity index (χ2v) is 3.81. The first-order chi connectivity index (χ1) is 7.19. The lowest BCUT2D eigenvalue weighted by atomic mass is 10.1. The van der Waals surface area contributed by atoms with Gasteiger partial charge in [0.05, 0.1) is 12.8 Å². The van der Waals surface area contributed by atoms with Crippen molar-refractivity contribution in [3.63, 3.8) is 0 Å². The van der Waals surface area contributed by atoms with Crippen LogP contribution in [0.3, 0.4) is 0 Å². The van der Waals surface area contributed by atoms with Crippen LogP contribution in [0.15, 0.2) is 12.4 Å². The van der Waals surface area contributed by atoms with Gasteiger partial charge in [0.15, 0.2) is 0 Å². The van der Waals surface area contributed by atoms with Crippen LogP contribution in [0, 0.1) is 0 Å². The van der Waals surface area contributed by atoms with Crippen LogP contribution in [0.5, 0.6) is 0 Å². The molecule has 0 fully saturated rings. The van der Waals surface area contributed by atoms with E-state index in [1.807, 2.05) is 17.1 Å². The lowest BCUT2D eigenvalue weighted by Gasteiger charge is -2.14. The van der Waals surface area contributed by atoms with E-state index >= 15 is 0 Å². The highest BCUT2D eigenvalue weighted by atomic mass is 16.3. The molecule has 86 valence electrons. The lowest BCUT2D eigenvalue weighted by molar-refractivity contribution is 0.285. The number of nitrogens with two attached hydrogens (primary N) is 1. The number of nitrogens with one attached hydrogen (secondary N) is 1. The van der Waals surface area contributed by atoms with Crippen LogP contribution in [0.25, 0.3) is 0 Å². The molecule has 0 aliphatic rings. The number of aliphatic hydroxyl groups excluding tert-OH is 1. The third-order valence-corrected chi connectivity index (χ3v) is 2.29. The Morgan fingerprint density at radius 3 is 2.80 bits per heavy atom. The van der Waals surface area contributed by atoms with Crippen LogP contribution >= 0.6 is 0 Å². The van der Waals surface area contributed by atoms with E-state index in [2.05, 4.69) is 24.3 Å². The van der Waals surface area contributed by atoms with Crippen molar-refractivity contribution in [2.75, 3.05) is 19.7 Å². The Labute approximate surface area is 90.3 Å². The molecular formula is C10H20N4O. The second kappa shape index (κ2) is 5.85. The van der Waals surface area contributed by atoms with Gasteiger partial charge in [-0.1, -0.05) is 0 Å². The van der Waals surface area contributed by atoms with Crippen molar-refractivity contribution in [2.45, 2.75) is 25.9 Å². The minimum absolute atomic E-state index is 0.0737. The molecule has 15 heavy (non-hydrogen) atoms. The number of nitrogens with zero attached hydrogens (tertiary/aromatic N) is 2. The van der Waals surface area contributed by atoms with Crippen LogP contribution < -0.4 is 11.1 Å². The Balaban J connectivity index is 2.65. The van der Waals surface area contributed by atoms with Gasteiger partial charge in [-0.25, -0.2) is 0 Å². The fourth-order valence-corrected chi connectivity index (χ4v) is 1.39. The minimum atomic E-state index is 0.0737. The maximum atomic E-state index is 8.73. The summed E-state index contributed by atoms with van der Waals surface area (Å²) in [4.78, 5) is 0. The molecule has 1 heterocycles. The summed E-state index contributed by atoms with van der Waals surface area (Å²) in [6, 6.07) is 0.430. The zero-order valence-corrected chi connectivity index (χ0v) is 9.35. The minimum Gasteiger partial charge on any atom is -0.395 e. The van der Waals surface area contributed by atoms with Gasteiger partial charge in [-0.15, -0.1) is 0 Å². The van der Waals surface area contributed by atoms with E-state index in [4.69, 9.17) is 10.8 Å². The van der Waals surface area contributed by atoms with E-state index in [1.54, 1.807) is 0 Å². The number of aliphatic hydroxyl groups is 1. The van der Waals surface area contributed by atoms with Gasteiger partial charge in [-0.05, 0) is 13.8 Å². The number of aromatic nitrogens is 2. The zero-order chi connectivity index (χ0) is 11.3. The molecule has 1 atom stereocenters. The number of rotatable bonds is 6. The van der Waals surface area contributed by atoms with Crippen LogP contribution in [-0.2, 0) is 0 Å². The molecule has 1 aromatic heterocycles. The van der Waals surface area contributed by atoms with E-state index in [0.717, 1.165) is 5.56 Å². The fraction of sp³-hybridized carbons (Fsp3) is 0.700. The van der Waals surface area contributed by atoms with Gasteiger partial charge in [0.2, 0.25) is 0 Å². The summed E-state index contributed by atoms with van der Waals surface area (Å²) in [5, 5.41) is 16.1. The van der Waals surface area contributed by atoms with E-state index in [1.165, 1.54) is 0 Å². The molecular weight excluding hydrogens is 192 g/mol. The maximum absolute atomic E-state index is 8.73. The Kier molecular flexibility index (Phi) is 4.74. The molecule has 0 bridgehead atoms. The van der Waals surface area contributed by atoms with Crippen LogP contribution in [0.1, 0.15) is 31.5 Å². The average Bonchev–Trinajstić information content (AvgIpc) is 2.68. The van der Waals surface area contributed by atoms with Crippen molar-refractivity contribution in [3.05, 3.63) is 18.0 Å². The molecule has 5 heteroatoms. The highest BCUT2D eigenvalue weighted by Gasteiger charge is 2.11. The summed E-state index contributed by atoms with van der Waals surface area (Å²) >= 11 is 0. The number of hydrogen-bond donors (Lipinski definition) is 3. The van der Waals surface area contributed by atoms with Crippen molar-refractivity contribution >= 4 is 0 Å². The smallest absolute Gasteiger partial charge is 0.0556 e.